The Balaban J connectivity index is 0.00000182. The highest BCUT2D eigenvalue weighted by Gasteiger charge is 2.51. The summed E-state index contributed by atoms with van der Waals surface area (Å²) in [6, 6.07) is 0. The zero-order valence-electron chi connectivity index (χ0n) is 15.2. The number of amides is 2. The lowest BCUT2D eigenvalue weighted by Gasteiger charge is -2.43. The molecule has 6 heteroatoms. The van der Waals surface area contributed by atoms with Gasteiger partial charge in [-0.3, -0.25) is 9.59 Å². The van der Waals surface area contributed by atoms with E-state index in [4.69, 9.17) is 0 Å². The summed E-state index contributed by atoms with van der Waals surface area (Å²) in [5.74, 6) is 1.40. The Labute approximate surface area is 157 Å². The second-order valence-electron chi connectivity index (χ2n) is 8.33. The number of nitrogens with zero attached hydrogens (tertiary/aromatic N) is 2. The molecule has 5 nitrogen and oxygen atoms in total. The summed E-state index contributed by atoms with van der Waals surface area (Å²) in [5, 5.41) is 3.48. The van der Waals surface area contributed by atoms with Crippen molar-refractivity contribution in [2.75, 3.05) is 39.3 Å². The van der Waals surface area contributed by atoms with Crippen molar-refractivity contribution in [3.63, 3.8) is 0 Å². The number of hydrogen-bond donors (Lipinski definition) is 1. The Bertz CT molecular complexity index is 501. The van der Waals surface area contributed by atoms with Gasteiger partial charge in [-0.15, -0.1) is 12.4 Å². The Morgan fingerprint density at radius 3 is 2.32 bits per heavy atom. The minimum Gasteiger partial charge on any atom is -0.342 e. The smallest absolute Gasteiger partial charge is 0.230 e. The molecule has 2 atom stereocenters. The van der Waals surface area contributed by atoms with Crippen molar-refractivity contribution >= 4 is 24.2 Å². The highest BCUT2D eigenvalue weighted by molar-refractivity contribution is 5.85. The Morgan fingerprint density at radius 2 is 1.60 bits per heavy atom. The van der Waals surface area contributed by atoms with E-state index in [9.17, 15) is 9.59 Å². The third kappa shape index (κ3) is 3.42. The number of likely N-dealkylation sites (tertiary alicyclic amines) is 2. The van der Waals surface area contributed by atoms with Crippen LogP contribution in [0, 0.1) is 17.3 Å². The van der Waals surface area contributed by atoms with Crippen LogP contribution in [-0.2, 0) is 9.59 Å². The largest absolute Gasteiger partial charge is 0.342 e. The lowest BCUT2D eigenvalue weighted by molar-refractivity contribution is -0.149. The van der Waals surface area contributed by atoms with Crippen LogP contribution >= 0.6 is 12.4 Å². The second-order valence-corrected chi connectivity index (χ2v) is 8.33. The molecule has 2 amide bonds. The van der Waals surface area contributed by atoms with Crippen LogP contribution in [0.2, 0.25) is 0 Å². The van der Waals surface area contributed by atoms with Crippen LogP contribution in [0.3, 0.4) is 0 Å². The van der Waals surface area contributed by atoms with Crippen molar-refractivity contribution in [1.29, 1.82) is 0 Å². The van der Waals surface area contributed by atoms with Crippen LogP contribution in [0.5, 0.6) is 0 Å². The van der Waals surface area contributed by atoms with Gasteiger partial charge in [0.1, 0.15) is 0 Å². The fourth-order valence-electron chi connectivity index (χ4n) is 5.51. The highest BCUT2D eigenvalue weighted by Crippen LogP contribution is 2.45. The second kappa shape index (κ2) is 7.83. The molecule has 4 aliphatic rings. The van der Waals surface area contributed by atoms with E-state index in [0.29, 0.717) is 17.7 Å². The molecule has 3 saturated heterocycles. The monoisotopic (exact) mass is 369 g/mol. The van der Waals surface area contributed by atoms with Gasteiger partial charge in [-0.05, 0) is 51.0 Å². The first kappa shape index (κ1) is 19.0. The van der Waals surface area contributed by atoms with Gasteiger partial charge in [0.05, 0.1) is 5.41 Å². The zero-order valence-corrected chi connectivity index (χ0v) is 16.0. The van der Waals surface area contributed by atoms with Crippen molar-refractivity contribution in [2.24, 2.45) is 17.3 Å². The van der Waals surface area contributed by atoms with E-state index in [0.717, 1.165) is 71.4 Å². The van der Waals surface area contributed by atoms with Gasteiger partial charge in [0, 0.05) is 38.6 Å². The molecule has 3 heterocycles. The Kier molecular flexibility index (Phi) is 5.94. The maximum absolute atomic E-state index is 13.3. The van der Waals surface area contributed by atoms with E-state index in [1.54, 1.807) is 0 Å². The minimum atomic E-state index is -0.135. The maximum atomic E-state index is 13.3. The predicted octanol–water partition coefficient (Wildman–Crippen LogP) is 2.05. The fraction of sp³-hybridized carbons (Fsp3) is 0.895. The standard InChI is InChI=1S/C19H31N3O2.ClH/c23-17(21-9-3-4-10-21)15-6-11-22(12-7-15)18(24)19-8-2-1-5-16(19)13-20-14-19;/h15-16,20H,1-14H2;1H/t16-,19+;/m0./s1. The van der Waals surface area contributed by atoms with Gasteiger partial charge in [-0.2, -0.15) is 0 Å². The van der Waals surface area contributed by atoms with Gasteiger partial charge in [0.15, 0.2) is 0 Å². The van der Waals surface area contributed by atoms with Gasteiger partial charge in [-0.1, -0.05) is 12.8 Å². The fourth-order valence-corrected chi connectivity index (χ4v) is 5.51. The zero-order chi connectivity index (χ0) is 16.6. The van der Waals surface area contributed by atoms with E-state index in [2.05, 4.69) is 10.2 Å². The normalized spacial score (nSPS) is 33.0. The molecule has 0 radical (unpaired) electrons. The first-order chi connectivity index (χ1) is 11.7. The summed E-state index contributed by atoms with van der Waals surface area (Å²) >= 11 is 0. The quantitative estimate of drug-likeness (QED) is 0.810. The first-order valence-corrected chi connectivity index (χ1v) is 9.99. The van der Waals surface area contributed by atoms with E-state index < -0.39 is 0 Å². The van der Waals surface area contributed by atoms with Crippen molar-refractivity contribution in [3.05, 3.63) is 0 Å². The number of nitrogens with one attached hydrogen (secondary N) is 1. The number of piperidine rings is 1. The number of carbonyl (C=O) groups excluding carboxylic acids is 2. The van der Waals surface area contributed by atoms with E-state index >= 15 is 0 Å². The molecule has 142 valence electrons. The van der Waals surface area contributed by atoms with Crippen LogP contribution in [0.1, 0.15) is 51.4 Å². The molecule has 1 saturated carbocycles. The molecular weight excluding hydrogens is 338 g/mol. The molecule has 0 aromatic rings. The van der Waals surface area contributed by atoms with Crippen molar-refractivity contribution in [3.8, 4) is 0 Å². The molecule has 0 spiro atoms. The third-order valence-corrected chi connectivity index (χ3v) is 7.01. The third-order valence-electron chi connectivity index (χ3n) is 7.01. The maximum Gasteiger partial charge on any atom is 0.230 e. The van der Waals surface area contributed by atoms with Gasteiger partial charge in [0.25, 0.3) is 0 Å². The van der Waals surface area contributed by atoms with Crippen molar-refractivity contribution in [2.45, 2.75) is 51.4 Å². The number of carbonyl (C=O) groups is 2. The van der Waals surface area contributed by atoms with E-state index in [1.165, 1.54) is 19.3 Å². The van der Waals surface area contributed by atoms with Crippen LogP contribution in [0.4, 0.5) is 0 Å². The average Bonchev–Trinajstić information content (AvgIpc) is 3.30. The molecule has 25 heavy (non-hydrogen) atoms. The van der Waals surface area contributed by atoms with Crippen molar-refractivity contribution < 1.29 is 9.59 Å². The molecule has 4 fully saturated rings. The molecule has 0 bridgehead atoms. The number of rotatable bonds is 2. The van der Waals surface area contributed by atoms with Crippen molar-refractivity contribution in [1.82, 2.24) is 15.1 Å². The van der Waals surface area contributed by atoms with Crippen LogP contribution in [0.15, 0.2) is 0 Å². The number of hydrogen-bond acceptors (Lipinski definition) is 3. The molecule has 0 aromatic heterocycles. The molecule has 0 unspecified atom stereocenters. The topological polar surface area (TPSA) is 52.7 Å². The molecule has 1 N–H and O–H groups in total. The minimum absolute atomic E-state index is 0. The number of halogens is 1. The van der Waals surface area contributed by atoms with Crippen LogP contribution < -0.4 is 5.32 Å². The molecule has 0 aromatic carbocycles. The van der Waals surface area contributed by atoms with Gasteiger partial charge >= 0.3 is 0 Å². The molecule has 3 aliphatic heterocycles. The van der Waals surface area contributed by atoms with Gasteiger partial charge < -0.3 is 15.1 Å². The molecule has 1 aliphatic carbocycles. The van der Waals surface area contributed by atoms with Crippen LogP contribution in [-0.4, -0.2) is 60.9 Å². The van der Waals surface area contributed by atoms with Crippen LogP contribution in [0.25, 0.3) is 0 Å². The molecule has 4 rings (SSSR count). The Hall–Kier alpha value is -0.810. The SMILES string of the molecule is Cl.O=C(C1CCN(C(=O)[C@@]23CCCC[C@H]2CNC3)CC1)N1CCCC1. The lowest BCUT2D eigenvalue weighted by atomic mass is 9.67. The Morgan fingerprint density at radius 1 is 0.880 bits per heavy atom. The summed E-state index contributed by atoms with van der Waals surface area (Å²) in [7, 11) is 0. The first-order valence-electron chi connectivity index (χ1n) is 9.99. The lowest BCUT2D eigenvalue weighted by Crippen LogP contribution is -2.52. The van der Waals surface area contributed by atoms with Gasteiger partial charge in [0.2, 0.25) is 11.8 Å². The summed E-state index contributed by atoms with van der Waals surface area (Å²) < 4.78 is 0. The number of fused-ring (bicyclic) bond motifs is 1. The predicted molar refractivity (Wildman–Crippen MR) is 99.6 cm³/mol. The summed E-state index contributed by atoms with van der Waals surface area (Å²) in [6.45, 7) is 5.30. The summed E-state index contributed by atoms with van der Waals surface area (Å²) in [6.07, 6.45) is 8.73. The van der Waals surface area contributed by atoms with E-state index in [1.807, 2.05) is 4.90 Å². The van der Waals surface area contributed by atoms with Gasteiger partial charge in [-0.25, -0.2) is 0 Å². The average molecular weight is 370 g/mol. The molecular formula is C19H32ClN3O2. The summed E-state index contributed by atoms with van der Waals surface area (Å²) in [4.78, 5) is 30.0. The highest BCUT2D eigenvalue weighted by atomic mass is 35.5. The van der Waals surface area contributed by atoms with E-state index in [-0.39, 0.29) is 23.7 Å². The summed E-state index contributed by atoms with van der Waals surface area (Å²) in [5.41, 5.74) is -0.135.